The first-order chi connectivity index (χ1) is 15.8. The lowest BCUT2D eigenvalue weighted by Gasteiger charge is -2.40. The van der Waals surface area contributed by atoms with Gasteiger partial charge in [-0.1, -0.05) is 56.8 Å². The summed E-state index contributed by atoms with van der Waals surface area (Å²) in [6.45, 7) is 8.63. The van der Waals surface area contributed by atoms with Crippen LogP contribution in [0.15, 0.2) is 66.8 Å². The van der Waals surface area contributed by atoms with Gasteiger partial charge in [0.2, 0.25) is 0 Å². The van der Waals surface area contributed by atoms with E-state index in [0.717, 1.165) is 36.1 Å². The van der Waals surface area contributed by atoms with Gasteiger partial charge in [-0.05, 0) is 91.6 Å². The summed E-state index contributed by atoms with van der Waals surface area (Å²) in [5.74, 6) is 1.04. The van der Waals surface area contributed by atoms with E-state index in [1.807, 2.05) is 0 Å². The molecule has 33 heavy (non-hydrogen) atoms. The molecule has 1 aliphatic heterocycles. The van der Waals surface area contributed by atoms with Crippen molar-refractivity contribution in [3.8, 4) is 5.75 Å². The number of fused-ring (bicyclic) bond motifs is 4. The predicted molar refractivity (Wildman–Crippen MR) is 153 cm³/mol. The molecule has 2 aliphatic rings. The Hall–Kier alpha value is -1.87. The highest BCUT2D eigenvalue weighted by molar-refractivity contribution is 14.1. The molecule has 0 saturated carbocycles. The number of allylic oxidation sites excluding steroid dienone is 1. The molecule has 0 fully saturated rings. The summed E-state index contributed by atoms with van der Waals surface area (Å²) in [6, 6.07) is 16.8. The maximum atomic E-state index is 13.7. The minimum absolute atomic E-state index is 0.0757. The van der Waals surface area contributed by atoms with Gasteiger partial charge in [0.25, 0.3) is 0 Å². The molecular weight excluding hydrogens is 636 g/mol. The number of halogens is 2. The summed E-state index contributed by atoms with van der Waals surface area (Å²) in [6.07, 6.45) is 3.18. The summed E-state index contributed by atoms with van der Waals surface area (Å²) in [5.41, 5.74) is 5.25. The number of hydrogen-bond acceptors (Lipinski definition) is 3. The fourth-order valence-electron chi connectivity index (χ4n) is 5.16. The zero-order valence-electron chi connectivity index (χ0n) is 18.7. The highest BCUT2D eigenvalue weighted by atomic mass is 127. The van der Waals surface area contributed by atoms with Crippen LogP contribution in [0.3, 0.4) is 0 Å². The number of Topliss-reactive ketones (excluding diaryl/α,β-unsaturated/α-hetero) is 1. The van der Waals surface area contributed by atoms with Gasteiger partial charge in [0.15, 0.2) is 5.78 Å². The van der Waals surface area contributed by atoms with Crippen LogP contribution in [0.1, 0.15) is 43.9 Å². The van der Waals surface area contributed by atoms with Crippen LogP contribution in [0.4, 0.5) is 5.69 Å². The number of nitrogens with one attached hydrogen (secondary N) is 1. The molecule has 3 nitrogen and oxygen atoms in total. The predicted octanol–water partition coefficient (Wildman–Crippen LogP) is 7.92. The number of benzene rings is 3. The van der Waals surface area contributed by atoms with E-state index in [0.29, 0.717) is 13.0 Å². The Kier molecular flexibility index (Phi) is 6.05. The summed E-state index contributed by atoms with van der Waals surface area (Å²) >= 11 is 4.67. The van der Waals surface area contributed by atoms with Crippen molar-refractivity contribution in [2.24, 2.45) is 5.41 Å². The lowest BCUT2D eigenvalue weighted by atomic mass is 9.68. The molecule has 1 aliphatic carbocycles. The van der Waals surface area contributed by atoms with Crippen molar-refractivity contribution in [3.63, 3.8) is 0 Å². The molecule has 1 heterocycles. The van der Waals surface area contributed by atoms with Crippen LogP contribution in [0.2, 0.25) is 0 Å². The van der Waals surface area contributed by atoms with Crippen molar-refractivity contribution >= 4 is 73.0 Å². The van der Waals surface area contributed by atoms with E-state index >= 15 is 0 Å². The molecule has 0 radical (unpaired) electrons. The van der Waals surface area contributed by atoms with Gasteiger partial charge in [-0.15, -0.1) is 0 Å². The van der Waals surface area contributed by atoms with E-state index in [-0.39, 0.29) is 17.2 Å². The van der Waals surface area contributed by atoms with Crippen LogP contribution in [-0.2, 0) is 4.79 Å². The van der Waals surface area contributed by atoms with E-state index in [1.54, 1.807) is 6.08 Å². The molecule has 0 amide bonds. The van der Waals surface area contributed by atoms with Crippen LogP contribution >= 0.6 is 45.2 Å². The molecular formula is C28H25I2NO2. The molecule has 1 atom stereocenters. The quantitative estimate of drug-likeness (QED) is 0.228. The summed E-state index contributed by atoms with van der Waals surface area (Å²) < 4.78 is 8.29. The van der Waals surface area contributed by atoms with E-state index in [2.05, 4.69) is 119 Å². The number of anilines is 1. The number of carbonyl (C=O) groups excluding carboxylic acids is 1. The molecule has 0 bridgehead atoms. The van der Waals surface area contributed by atoms with Crippen LogP contribution in [0, 0.1) is 12.6 Å². The molecule has 3 aromatic rings. The van der Waals surface area contributed by atoms with Gasteiger partial charge >= 0.3 is 0 Å². The average Bonchev–Trinajstić information content (AvgIpc) is 2.76. The monoisotopic (exact) mass is 661 g/mol. The third kappa shape index (κ3) is 4.11. The second kappa shape index (κ2) is 8.73. The number of hydrogen-bond donors (Lipinski definition) is 1. The van der Waals surface area contributed by atoms with Gasteiger partial charge < -0.3 is 10.1 Å². The van der Waals surface area contributed by atoms with Crippen LogP contribution in [0.5, 0.6) is 5.75 Å². The third-order valence-electron chi connectivity index (χ3n) is 6.43. The summed E-state index contributed by atoms with van der Waals surface area (Å²) in [4.78, 5) is 13.7. The number of rotatable bonds is 4. The Morgan fingerprint density at radius 1 is 1.15 bits per heavy atom. The first-order valence-corrected chi connectivity index (χ1v) is 13.2. The Bertz CT molecular complexity index is 1340. The number of carbonyl (C=O) groups is 1. The molecule has 0 aromatic heterocycles. The first-order valence-electron chi connectivity index (χ1n) is 11.1. The molecule has 0 unspecified atom stereocenters. The summed E-state index contributed by atoms with van der Waals surface area (Å²) in [5, 5.41) is 6.13. The topological polar surface area (TPSA) is 38.3 Å². The van der Waals surface area contributed by atoms with Crippen LogP contribution < -0.4 is 10.1 Å². The van der Waals surface area contributed by atoms with Gasteiger partial charge in [-0.3, -0.25) is 4.79 Å². The Labute approximate surface area is 222 Å². The number of ether oxygens (including phenoxy) is 1. The van der Waals surface area contributed by atoms with Gasteiger partial charge in [0.05, 0.1) is 9.61 Å². The second-order valence-electron chi connectivity index (χ2n) is 9.53. The third-order valence-corrected chi connectivity index (χ3v) is 7.86. The van der Waals surface area contributed by atoms with E-state index in [4.69, 9.17) is 4.74 Å². The number of ketones is 1. The van der Waals surface area contributed by atoms with Gasteiger partial charge in [0.1, 0.15) is 12.4 Å². The zero-order valence-corrected chi connectivity index (χ0v) is 23.0. The SMILES string of the molecule is C=CCOc1c(I)cc(I)cc1[C@@H]1Nc2ccc3ccccc3c2C2=C1C(=O)CC(C)(C)C2. The second-order valence-corrected chi connectivity index (χ2v) is 11.9. The van der Waals surface area contributed by atoms with Crippen molar-refractivity contribution in [1.29, 1.82) is 0 Å². The van der Waals surface area contributed by atoms with E-state index in [9.17, 15) is 4.79 Å². The zero-order chi connectivity index (χ0) is 23.3. The minimum Gasteiger partial charge on any atom is -0.488 e. The minimum atomic E-state index is -0.250. The van der Waals surface area contributed by atoms with E-state index < -0.39 is 0 Å². The van der Waals surface area contributed by atoms with Gasteiger partial charge in [-0.25, -0.2) is 0 Å². The molecule has 5 heteroatoms. The van der Waals surface area contributed by atoms with Gasteiger partial charge in [0, 0.05) is 32.4 Å². The van der Waals surface area contributed by atoms with Crippen LogP contribution in [0.25, 0.3) is 16.3 Å². The molecule has 168 valence electrons. The fourth-order valence-corrected chi connectivity index (χ4v) is 7.21. The lowest BCUT2D eigenvalue weighted by Crippen LogP contribution is -2.33. The van der Waals surface area contributed by atoms with Crippen molar-refractivity contribution in [3.05, 3.63) is 85.0 Å². The standard InChI is InChI=1S/C28H25I2NO2/c1-4-11-33-27-19(12-17(29)13-21(27)30)26-25-20(14-28(2,3)15-23(25)32)24-18-8-6-5-7-16(18)9-10-22(24)31-26/h4-10,12-13,26,31H,1,11,14-15H2,2-3H3/t26-/m0/s1. The van der Waals surface area contributed by atoms with Crippen molar-refractivity contribution in [2.45, 2.75) is 32.7 Å². The Morgan fingerprint density at radius 3 is 2.73 bits per heavy atom. The van der Waals surface area contributed by atoms with Crippen molar-refractivity contribution in [1.82, 2.24) is 0 Å². The van der Waals surface area contributed by atoms with Gasteiger partial charge in [-0.2, -0.15) is 0 Å². The maximum absolute atomic E-state index is 13.7. The first kappa shape index (κ1) is 22.9. The van der Waals surface area contributed by atoms with Crippen molar-refractivity contribution in [2.75, 3.05) is 11.9 Å². The molecule has 5 rings (SSSR count). The largest absolute Gasteiger partial charge is 0.488 e. The van der Waals surface area contributed by atoms with Crippen molar-refractivity contribution < 1.29 is 9.53 Å². The fraction of sp³-hybridized carbons (Fsp3) is 0.250. The Morgan fingerprint density at radius 2 is 1.94 bits per heavy atom. The molecule has 0 spiro atoms. The lowest BCUT2D eigenvalue weighted by molar-refractivity contribution is -0.118. The maximum Gasteiger partial charge on any atom is 0.162 e. The normalized spacial score (nSPS) is 19.0. The molecule has 1 N–H and O–H groups in total. The highest BCUT2D eigenvalue weighted by Gasteiger charge is 2.41. The average molecular weight is 661 g/mol. The molecule has 0 saturated heterocycles. The smallest absolute Gasteiger partial charge is 0.162 e. The molecule has 3 aromatic carbocycles. The summed E-state index contributed by atoms with van der Waals surface area (Å²) in [7, 11) is 0. The van der Waals surface area contributed by atoms with Crippen LogP contribution in [-0.4, -0.2) is 12.4 Å². The van der Waals surface area contributed by atoms with E-state index in [1.165, 1.54) is 21.9 Å². The highest BCUT2D eigenvalue weighted by Crippen LogP contribution is 2.53. The Balaban J connectivity index is 1.79.